The highest BCUT2D eigenvalue weighted by Crippen LogP contribution is 2.66. The van der Waals surface area contributed by atoms with Crippen LogP contribution in [0.15, 0.2) is 12.2 Å². The van der Waals surface area contributed by atoms with Crippen LogP contribution in [0.5, 0.6) is 0 Å². The summed E-state index contributed by atoms with van der Waals surface area (Å²) in [5, 5.41) is 9.98. The van der Waals surface area contributed by atoms with Crippen molar-refractivity contribution in [3.63, 3.8) is 0 Å². The van der Waals surface area contributed by atoms with Crippen LogP contribution in [0.3, 0.4) is 0 Å². The molecule has 3 unspecified atom stereocenters. The van der Waals surface area contributed by atoms with Crippen molar-refractivity contribution < 1.29 is 5.11 Å². The van der Waals surface area contributed by atoms with Crippen molar-refractivity contribution in [2.75, 3.05) is 0 Å². The maximum absolute atomic E-state index is 9.98. The average Bonchev–Trinajstić information content (AvgIpc) is 2.26. The maximum Gasteiger partial charge on any atom is 0.0809 e. The molecule has 2 aliphatic carbocycles. The highest BCUT2D eigenvalue weighted by molar-refractivity contribution is 5.29. The van der Waals surface area contributed by atoms with Gasteiger partial charge in [-0.25, -0.2) is 0 Å². The number of aliphatic hydroxyl groups excluding tert-OH is 1. The molecule has 2 fully saturated rings. The van der Waals surface area contributed by atoms with E-state index in [2.05, 4.69) is 27.4 Å². The lowest BCUT2D eigenvalue weighted by Crippen LogP contribution is -2.35. The summed E-state index contributed by atoms with van der Waals surface area (Å²) in [6.07, 6.45) is 2.12. The van der Waals surface area contributed by atoms with Crippen molar-refractivity contribution in [2.45, 2.75) is 39.7 Å². The molecular weight excluding hydrogens is 148 g/mol. The molecule has 68 valence electrons. The second-order valence-electron chi connectivity index (χ2n) is 5.21. The molecule has 0 aliphatic heterocycles. The summed E-state index contributed by atoms with van der Waals surface area (Å²) in [4.78, 5) is 0. The van der Waals surface area contributed by atoms with Crippen LogP contribution in [0, 0.1) is 16.7 Å². The van der Waals surface area contributed by atoms with Gasteiger partial charge in [-0.2, -0.15) is 0 Å². The van der Waals surface area contributed by atoms with Crippen molar-refractivity contribution in [2.24, 2.45) is 16.7 Å². The van der Waals surface area contributed by atoms with Crippen molar-refractivity contribution in [3.05, 3.63) is 12.2 Å². The zero-order valence-electron chi connectivity index (χ0n) is 8.22. The SMILES string of the molecule is C=C1C2CCC(C)(C1O)C2(C)C. The standard InChI is InChI=1S/C11H18O/c1-7-8-5-6-11(4,9(7)12)10(8,2)3/h8-9,12H,1,5-6H2,2-4H3. The minimum absolute atomic E-state index is 0.0920. The van der Waals surface area contributed by atoms with Crippen molar-refractivity contribution in [1.29, 1.82) is 0 Å². The van der Waals surface area contributed by atoms with E-state index in [0.29, 0.717) is 5.92 Å². The van der Waals surface area contributed by atoms with Crippen LogP contribution in [0.25, 0.3) is 0 Å². The van der Waals surface area contributed by atoms with E-state index in [1.165, 1.54) is 6.42 Å². The Morgan fingerprint density at radius 3 is 2.25 bits per heavy atom. The van der Waals surface area contributed by atoms with Gasteiger partial charge in [-0.15, -0.1) is 0 Å². The molecule has 0 saturated heterocycles. The Kier molecular flexibility index (Phi) is 1.35. The molecule has 12 heavy (non-hydrogen) atoms. The molecule has 1 heteroatoms. The number of hydrogen-bond donors (Lipinski definition) is 1. The first-order valence-corrected chi connectivity index (χ1v) is 4.78. The first kappa shape index (κ1) is 8.31. The van der Waals surface area contributed by atoms with Gasteiger partial charge in [0.1, 0.15) is 0 Å². The fraction of sp³-hybridized carbons (Fsp3) is 0.818. The minimum Gasteiger partial charge on any atom is -0.388 e. The molecule has 3 atom stereocenters. The Hall–Kier alpha value is -0.300. The minimum atomic E-state index is -0.258. The van der Waals surface area contributed by atoms with Crippen molar-refractivity contribution in [3.8, 4) is 0 Å². The lowest BCUT2D eigenvalue weighted by Gasteiger charge is -2.36. The first-order chi connectivity index (χ1) is 5.41. The molecule has 0 heterocycles. The Bertz CT molecular complexity index is 241. The van der Waals surface area contributed by atoms with E-state index >= 15 is 0 Å². The number of hydrogen-bond acceptors (Lipinski definition) is 1. The lowest BCUT2D eigenvalue weighted by molar-refractivity contribution is 0.0262. The topological polar surface area (TPSA) is 20.2 Å². The summed E-state index contributed by atoms with van der Waals surface area (Å²) in [6, 6.07) is 0. The largest absolute Gasteiger partial charge is 0.388 e. The number of fused-ring (bicyclic) bond motifs is 2. The van der Waals surface area contributed by atoms with Gasteiger partial charge in [0, 0.05) is 5.41 Å². The monoisotopic (exact) mass is 166 g/mol. The molecule has 2 saturated carbocycles. The van der Waals surface area contributed by atoms with Crippen LogP contribution in [-0.4, -0.2) is 11.2 Å². The van der Waals surface area contributed by atoms with Crippen LogP contribution in [-0.2, 0) is 0 Å². The summed E-state index contributed by atoms with van der Waals surface area (Å²) in [5.74, 6) is 0.553. The fourth-order valence-corrected chi connectivity index (χ4v) is 3.26. The predicted molar refractivity (Wildman–Crippen MR) is 49.8 cm³/mol. The van der Waals surface area contributed by atoms with E-state index in [1.54, 1.807) is 0 Å². The van der Waals surface area contributed by atoms with Crippen LogP contribution in [0.1, 0.15) is 33.6 Å². The molecule has 0 aromatic rings. The second-order valence-corrected chi connectivity index (χ2v) is 5.21. The van der Waals surface area contributed by atoms with Gasteiger partial charge in [0.15, 0.2) is 0 Å². The zero-order valence-corrected chi connectivity index (χ0v) is 8.22. The second kappa shape index (κ2) is 1.95. The molecule has 0 aromatic heterocycles. The lowest BCUT2D eigenvalue weighted by atomic mass is 9.70. The predicted octanol–water partition coefficient (Wildman–Crippen LogP) is 2.36. The molecule has 0 spiro atoms. The highest BCUT2D eigenvalue weighted by atomic mass is 16.3. The highest BCUT2D eigenvalue weighted by Gasteiger charge is 2.62. The third-order valence-corrected chi connectivity index (χ3v) is 4.70. The summed E-state index contributed by atoms with van der Waals surface area (Å²) < 4.78 is 0. The van der Waals surface area contributed by atoms with Gasteiger partial charge < -0.3 is 5.11 Å². The molecule has 1 N–H and O–H groups in total. The van der Waals surface area contributed by atoms with Crippen LogP contribution < -0.4 is 0 Å². The number of aliphatic hydroxyl groups is 1. The maximum atomic E-state index is 9.98. The molecule has 2 bridgehead atoms. The molecule has 0 aromatic carbocycles. The van der Waals surface area contributed by atoms with Gasteiger partial charge in [0.25, 0.3) is 0 Å². The van der Waals surface area contributed by atoms with Crippen LogP contribution in [0.4, 0.5) is 0 Å². The zero-order chi connectivity index (χ0) is 9.15. The van der Waals surface area contributed by atoms with Gasteiger partial charge in [-0.3, -0.25) is 0 Å². The molecule has 1 nitrogen and oxygen atoms in total. The quantitative estimate of drug-likeness (QED) is 0.548. The molecule has 2 aliphatic rings. The summed E-state index contributed by atoms with van der Waals surface area (Å²) in [6.45, 7) is 10.8. The third-order valence-electron chi connectivity index (χ3n) is 4.70. The van der Waals surface area contributed by atoms with Crippen molar-refractivity contribution in [1.82, 2.24) is 0 Å². The van der Waals surface area contributed by atoms with E-state index in [9.17, 15) is 5.11 Å². The Balaban J connectivity index is 2.50. The first-order valence-electron chi connectivity index (χ1n) is 4.78. The Labute approximate surface area is 74.5 Å². The smallest absolute Gasteiger partial charge is 0.0809 e. The van der Waals surface area contributed by atoms with Crippen LogP contribution >= 0.6 is 0 Å². The van der Waals surface area contributed by atoms with E-state index in [1.807, 2.05) is 0 Å². The van der Waals surface area contributed by atoms with E-state index in [0.717, 1.165) is 12.0 Å². The molecule has 0 amide bonds. The summed E-state index contributed by atoms with van der Waals surface area (Å²) in [5.41, 5.74) is 1.42. The fourth-order valence-electron chi connectivity index (χ4n) is 3.26. The van der Waals surface area contributed by atoms with Gasteiger partial charge in [-0.05, 0) is 29.7 Å². The summed E-state index contributed by atoms with van der Waals surface area (Å²) in [7, 11) is 0. The summed E-state index contributed by atoms with van der Waals surface area (Å²) >= 11 is 0. The third kappa shape index (κ3) is 0.610. The van der Waals surface area contributed by atoms with Gasteiger partial charge in [0.2, 0.25) is 0 Å². The van der Waals surface area contributed by atoms with Crippen LogP contribution in [0.2, 0.25) is 0 Å². The van der Waals surface area contributed by atoms with Crippen molar-refractivity contribution >= 4 is 0 Å². The molecule has 2 rings (SSSR count). The number of rotatable bonds is 0. The van der Waals surface area contributed by atoms with E-state index < -0.39 is 0 Å². The Morgan fingerprint density at radius 1 is 1.42 bits per heavy atom. The Morgan fingerprint density at radius 2 is 2.00 bits per heavy atom. The molecular formula is C11H18O. The average molecular weight is 166 g/mol. The van der Waals surface area contributed by atoms with E-state index in [-0.39, 0.29) is 16.9 Å². The van der Waals surface area contributed by atoms with E-state index in [4.69, 9.17) is 0 Å². The van der Waals surface area contributed by atoms with Gasteiger partial charge >= 0.3 is 0 Å². The van der Waals surface area contributed by atoms with Gasteiger partial charge in [0.05, 0.1) is 6.10 Å². The normalized spacial score (nSPS) is 50.2. The van der Waals surface area contributed by atoms with Gasteiger partial charge in [-0.1, -0.05) is 27.4 Å². The molecule has 0 radical (unpaired) electrons.